The Kier molecular flexibility index (Phi) is 16.9. The Balaban J connectivity index is 0.000000196. The second-order valence-corrected chi connectivity index (χ2v) is 12.8. The van der Waals surface area contributed by atoms with Gasteiger partial charge in [-0.1, -0.05) is 18.2 Å². The molecule has 0 fully saturated rings. The van der Waals surface area contributed by atoms with E-state index < -0.39 is 5.91 Å². The van der Waals surface area contributed by atoms with Crippen molar-refractivity contribution in [1.82, 2.24) is 19.9 Å². The Morgan fingerprint density at radius 3 is 1.44 bits per heavy atom. The second-order valence-electron chi connectivity index (χ2n) is 12.8. The SMILES string of the molecule is CN(C)CCOc1ccc(-c2cccc(N)n2)c(O)c1.COc1cc(OCC(N)=O)ccc1-c1cccc(N)n1.COc1cc(OCCN)ccc1-c1cccc(N)n1. The summed E-state index contributed by atoms with van der Waals surface area (Å²) >= 11 is 0. The number of phenolic OH excluding ortho intramolecular Hbond substituents is 1. The van der Waals surface area contributed by atoms with Gasteiger partial charge in [-0.05, 0) is 86.9 Å². The molecule has 3 aromatic heterocycles. The summed E-state index contributed by atoms with van der Waals surface area (Å²) in [6.45, 7) is 2.15. The molecule has 0 aliphatic heterocycles. The fourth-order valence-corrected chi connectivity index (χ4v) is 5.25. The monoisotopic (exact) mass is 805 g/mol. The van der Waals surface area contributed by atoms with Crippen LogP contribution in [-0.2, 0) is 4.79 Å². The first-order chi connectivity index (χ1) is 28.4. The van der Waals surface area contributed by atoms with Crippen molar-refractivity contribution in [3.05, 3.63) is 109 Å². The lowest BCUT2D eigenvalue weighted by Crippen LogP contribution is -2.20. The van der Waals surface area contributed by atoms with Crippen molar-refractivity contribution in [3.8, 4) is 68.3 Å². The molecule has 0 spiro atoms. The summed E-state index contributed by atoms with van der Waals surface area (Å²) in [7, 11) is 7.12. The van der Waals surface area contributed by atoms with Crippen LogP contribution in [0.25, 0.3) is 33.8 Å². The van der Waals surface area contributed by atoms with Gasteiger partial charge in [0.15, 0.2) is 6.61 Å². The summed E-state index contributed by atoms with van der Waals surface area (Å²) in [6, 6.07) is 32.1. The van der Waals surface area contributed by atoms with Gasteiger partial charge in [0.1, 0.15) is 65.2 Å². The van der Waals surface area contributed by atoms with Gasteiger partial charge < -0.3 is 62.4 Å². The Bertz CT molecular complexity index is 2270. The number of methoxy groups -OCH3 is 2. The van der Waals surface area contributed by atoms with Crippen LogP contribution in [0.15, 0.2) is 109 Å². The lowest BCUT2D eigenvalue weighted by Gasteiger charge is -2.12. The van der Waals surface area contributed by atoms with Crippen LogP contribution < -0.4 is 52.4 Å². The van der Waals surface area contributed by atoms with Crippen LogP contribution in [0.3, 0.4) is 0 Å². The normalized spacial score (nSPS) is 10.3. The number of hydrogen-bond donors (Lipinski definition) is 6. The molecule has 0 radical (unpaired) electrons. The average molecular weight is 806 g/mol. The minimum absolute atomic E-state index is 0.130. The van der Waals surface area contributed by atoms with Crippen molar-refractivity contribution in [2.75, 3.05) is 78.4 Å². The predicted molar refractivity (Wildman–Crippen MR) is 230 cm³/mol. The summed E-state index contributed by atoms with van der Waals surface area (Å²) < 4.78 is 26.9. The molecule has 3 aromatic carbocycles. The highest BCUT2D eigenvalue weighted by atomic mass is 16.5. The quantitative estimate of drug-likeness (QED) is 0.0811. The van der Waals surface area contributed by atoms with Gasteiger partial charge in [-0.25, -0.2) is 15.0 Å². The molecule has 0 bridgehead atoms. The first-order valence-corrected chi connectivity index (χ1v) is 18.3. The van der Waals surface area contributed by atoms with E-state index in [4.69, 9.17) is 52.4 Å². The van der Waals surface area contributed by atoms with Crippen LogP contribution in [0.2, 0.25) is 0 Å². The molecule has 16 heteroatoms. The summed E-state index contributed by atoms with van der Waals surface area (Å²) in [5.74, 6) is 4.03. The Morgan fingerprint density at radius 1 is 0.610 bits per heavy atom. The standard InChI is InChI=1S/C15H19N3O2.C14H15N3O3.C14H17N3O2/c1-18(2)8-9-20-11-6-7-12(14(19)10-11)13-4-3-5-15(16)17-13;1-19-12-7-9(20-8-14(16)18)5-6-10(12)11-3-2-4-13(15)17-11;1-18-13-9-10(19-8-7-15)5-6-11(13)12-3-2-4-14(16)17-12/h3-7,10,19H,8-9H2,1-2H3,(H2,16,17);2-7H,8H2,1H3,(H2,15,17)(H2,16,18);2-6,9H,7-8,15H2,1H3,(H2,16,17). The largest absolute Gasteiger partial charge is 0.507 e. The number of nitrogens with two attached hydrogens (primary N) is 5. The van der Waals surface area contributed by atoms with Crippen LogP contribution in [0.4, 0.5) is 17.5 Å². The fraction of sp³-hybridized carbons (Fsp3) is 0.209. The number of ether oxygens (including phenoxy) is 5. The molecule has 6 rings (SSSR count). The van der Waals surface area contributed by atoms with Crippen molar-refractivity contribution in [2.24, 2.45) is 11.5 Å². The third-order valence-corrected chi connectivity index (χ3v) is 8.03. The van der Waals surface area contributed by atoms with Gasteiger partial charge in [0, 0.05) is 48.0 Å². The summed E-state index contributed by atoms with van der Waals surface area (Å²) in [4.78, 5) is 25.4. The van der Waals surface area contributed by atoms with E-state index in [0.717, 1.165) is 29.1 Å². The molecule has 0 aliphatic carbocycles. The third kappa shape index (κ3) is 14.0. The highest BCUT2D eigenvalue weighted by molar-refractivity contribution is 5.76. The maximum Gasteiger partial charge on any atom is 0.255 e. The minimum Gasteiger partial charge on any atom is -0.507 e. The predicted octanol–water partition coefficient (Wildman–Crippen LogP) is 4.86. The molecule has 310 valence electrons. The number of phenols is 1. The number of rotatable bonds is 15. The van der Waals surface area contributed by atoms with Crippen molar-refractivity contribution >= 4 is 23.4 Å². The summed E-state index contributed by atoms with van der Waals surface area (Å²) in [5, 5.41) is 10.1. The molecule has 0 saturated heterocycles. The maximum atomic E-state index is 10.7. The van der Waals surface area contributed by atoms with Crippen molar-refractivity contribution in [2.45, 2.75) is 0 Å². The summed E-state index contributed by atoms with van der Waals surface area (Å²) in [6.07, 6.45) is 0. The zero-order valence-corrected chi connectivity index (χ0v) is 33.5. The van der Waals surface area contributed by atoms with E-state index in [1.165, 1.54) is 0 Å². The number of hydrogen-bond acceptors (Lipinski definition) is 15. The average Bonchev–Trinajstić information content (AvgIpc) is 3.22. The van der Waals surface area contributed by atoms with E-state index in [-0.39, 0.29) is 12.4 Å². The number of amides is 1. The Labute approximate surface area is 343 Å². The fourth-order valence-electron chi connectivity index (χ4n) is 5.25. The number of carbonyl (C=O) groups excluding carboxylic acids is 1. The molecule has 59 heavy (non-hydrogen) atoms. The molecule has 0 aliphatic rings. The molecule has 16 nitrogen and oxygen atoms in total. The van der Waals surface area contributed by atoms with E-state index in [2.05, 4.69) is 15.0 Å². The van der Waals surface area contributed by atoms with E-state index >= 15 is 0 Å². The number of aromatic hydroxyl groups is 1. The molecule has 0 saturated carbocycles. The molecule has 0 unspecified atom stereocenters. The minimum atomic E-state index is -0.537. The number of nitrogen functional groups attached to an aromatic ring is 3. The van der Waals surface area contributed by atoms with Gasteiger partial charge in [-0.2, -0.15) is 0 Å². The number of primary amides is 1. The number of anilines is 3. The van der Waals surface area contributed by atoms with Crippen LogP contribution in [-0.4, -0.2) is 92.1 Å². The smallest absolute Gasteiger partial charge is 0.255 e. The van der Waals surface area contributed by atoms with E-state index in [0.29, 0.717) is 77.2 Å². The van der Waals surface area contributed by atoms with Gasteiger partial charge in [-0.15, -0.1) is 0 Å². The molecular formula is C43H51N9O7. The van der Waals surface area contributed by atoms with Gasteiger partial charge in [0.25, 0.3) is 5.91 Å². The molecular weight excluding hydrogens is 755 g/mol. The van der Waals surface area contributed by atoms with E-state index in [9.17, 15) is 9.90 Å². The van der Waals surface area contributed by atoms with Crippen LogP contribution >= 0.6 is 0 Å². The molecule has 0 atom stereocenters. The van der Waals surface area contributed by atoms with Crippen molar-refractivity contribution in [3.63, 3.8) is 0 Å². The summed E-state index contributed by atoms with van der Waals surface area (Å²) in [5.41, 5.74) is 31.8. The van der Waals surface area contributed by atoms with Gasteiger partial charge >= 0.3 is 0 Å². The van der Waals surface area contributed by atoms with Gasteiger partial charge in [0.05, 0.1) is 31.3 Å². The molecule has 3 heterocycles. The number of aromatic nitrogens is 3. The van der Waals surface area contributed by atoms with Crippen LogP contribution in [0, 0.1) is 0 Å². The van der Waals surface area contributed by atoms with E-state index in [1.807, 2.05) is 67.5 Å². The number of benzene rings is 3. The third-order valence-electron chi connectivity index (χ3n) is 8.03. The topological polar surface area (TPSA) is 255 Å². The highest BCUT2D eigenvalue weighted by Gasteiger charge is 2.12. The maximum absolute atomic E-state index is 10.7. The van der Waals surface area contributed by atoms with Crippen LogP contribution in [0.1, 0.15) is 0 Å². The van der Waals surface area contributed by atoms with Gasteiger partial charge in [-0.3, -0.25) is 4.79 Å². The molecule has 11 N–H and O–H groups in total. The number of pyridine rings is 3. The van der Waals surface area contributed by atoms with Crippen LogP contribution in [0.5, 0.6) is 34.5 Å². The highest BCUT2D eigenvalue weighted by Crippen LogP contribution is 2.34. The Morgan fingerprint density at radius 2 is 1.03 bits per heavy atom. The van der Waals surface area contributed by atoms with E-state index in [1.54, 1.807) is 74.9 Å². The lowest BCUT2D eigenvalue weighted by atomic mass is 10.1. The zero-order valence-electron chi connectivity index (χ0n) is 33.5. The molecule has 1 amide bonds. The Hall–Kier alpha value is -7.30. The first kappa shape index (κ1) is 44.4. The van der Waals surface area contributed by atoms with Crippen molar-refractivity contribution < 1.29 is 33.6 Å². The van der Waals surface area contributed by atoms with Crippen molar-refractivity contribution in [1.29, 1.82) is 0 Å². The zero-order chi connectivity index (χ0) is 42.7. The lowest BCUT2D eigenvalue weighted by molar-refractivity contribution is -0.119. The van der Waals surface area contributed by atoms with Gasteiger partial charge in [0.2, 0.25) is 0 Å². The second kappa shape index (κ2) is 22.4. The number of likely N-dealkylation sites (N-methyl/N-ethyl adjacent to an activating group) is 1. The number of carbonyl (C=O) groups is 1. The first-order valence-electron chi connectivity index (χ1n) is 18.3. The molecule has 6 aromatic rings. The number of nitrogens with zero attached hydrogens (tertiary/aromatic N) is 4.